The second-order valence-corrected chi connectivity index (χ2v) is 8.40. The van der Waals surface area contributed by atoms with Crippen LogP contribution in [-0.4, -0.2) is 48.5 Å². The molecule has 4 rings (SSSR count). The fourth-order valence-electron chi connectivity index (χ4n) is 4.45. The van der Waals surface area contributed by atoms with Gasteiger partial charge in [0.1, 0.15) is 11.6 Å². The predicted molar refractivity (Wildman–Crippen MR) is 121 cm³/mol. The van der Waals surface area contributed by atoms with Crippen molar-refractivity contribution in [2.24, 2.45) is 5.73 Å². The number of nitrogens with zero attached hydrogens (tertiary/aromatic N) is 2. The van der Waals surface area contributed by atoms with Crippen LogP contribution in [0.1, 0.15) is 25.3 Å². The van der Waals surface area contributed by atoms with Crippen LogP contribution in [0.3, 0.4) is 0 Å². The highest BCUT2D eigenvalue weighted by Gasteiger charge is 2.50. The Labute approximate surface area is 191 Å². The van der Waals surface area contributed by atoms with Gasteiger partial charge in [-0.3, -0.25) is 9.59 Å². The molecule has 0 spiro atoms. The zero-order chi connectivity index (χ0) is 22.9. The van der Waals surface area contributed by atoms with Crippen molar-refractivity contribution < 1.29 is 19.1 Å². The van der Waals surface area contributed by atoms with E-state index in [-0.39, 0.29) is 11.8 Å². The van der Waals surface area contributed by atoms with Crippen LogP contribution in [0, 0.1) is 0 Å². The molecule has 32 heavy (non-hydrogen) atoms. The number of morpholine rings is 1. The Morgan fingerprint density at radius 1 is 1.12 bits per heavy atom. The first-order valence-electron chi connectivity index (χ1n) is 10.5. The lowest BCUT2D eigenvalue weighted by molar-refractivity contribution is -0.132. The Morgan fingerprint density at radius 3 is 2.47 bits per heavy atom. The Hall–Kier alpha value is -3.10. The van der Waals surface area contributed by atoms with Crippen molar-refractivity contribution in [2.45, 2.75) is 31.4 Å². The summed E-state index contributed by atoms with van der Waals surface area (Å²) in [5.41, 5.74) is 6.35. The van der Waals surface area contributed by atoms with Gasteiger partial charge >= 0.3 is 6.03 Å². The van der Waals surface area contributed by atoms with E-state index in [2.05, 4.69) is 5.32 Å². The van der Waals surface area contributed by atoms with Gasteiger partial charge in [0.2, 0.25) is 0 Å². The molecule has 2 aromatic rings. The van der Waals surface area contributed by atoms with Crippen LogP contribution in [0.5, 0.6) is 0 Å². The number of nitrogens with one attached hydrogen (secondary N) is 1. The average Bonchev–Trinajstić information content (AvgIpc) is 3.23. The van der Waals surface area contributed by atoms with Gasteiger partial charge in [-0.1, -0.05) is 23.7 Å². The summed E-state index contributed by atoms with van der Waals surface area (Å²) in [5, 5.41) is 3.46. The maximum atomic E-state index is 13.5. The summed E-state index contributed by atoms with van der Waals surface area (Å²) in [4.78, 5) is 41.2. The predicted octanol–water partition coefficient (Wildman–Crippen LogP) is 3.10. The standard InChI is InChI=1S/C23H25ClN4O4/c1-15-20(29)27(13-14-32-15)19-9-7-18(8-10-19)26-21(30)23(11-2-12-28(23)22(25)31)16-3-5-17(24)6-4-16/h3-10,15H,2,11-14H2,1H3,(H2,25,31)(H,26,30)/t15-,23-/m1/s1. The van der Waals surface area contributed by atoms with Crippen molar-refractivity contribution >= 4 is 40.8 Å². The molecule has 0 bridgehead atoms. The van der Waals surface area contributed by atoms with Gasteiger partial charge in [0.15, 0.2) is 0 Å². The number of benzene rings is 2. The van der Waals surface area contributed by atoms with Gasteiger partial charge in [0.25, 0.3) is 11.8 Å². The molecule has 8 nitrogen and oxygen atoms in total. The van der Waals surface area contributed by atoms with Crippen molar-refractivity contribution in [3.05, 3.63) is 59.1 Å². The van der Waals surface area contributed by atoms with Gasteiger partial charge in [-0.15, -0.1) is 0 Å². The third-order valence-electron chi connectivity index (χ3n) is 6.08. The monoisotopic (exact) mass is 456 g/mol. The van der Waals surface area contributed by atoms with E-state index in [9.17, 15) is 14.4 Å². The minimum absolute atomic E-state index is 0.0993. The second kappa shape index (κ2) is 8.80. The Balaban J connectivity index is 1.59. The van der Waals surface area contributed by atoms with E-state index in [4.69, 9.17) is 22.1 Å². The van der Waals surface area contributed by atoms with Crippen LogP contribution in [0.15, 0.2) is 48.5 Å². The van der Waals surface area contributed by atoms with Crippen LogP contribution in [-0.2, 0) is 19.9 Å². The number of likely N-dealkylation sites (tertiary alicyclic amines) is 1. The molecule has 2 heterocycles. The first kappa shape index (κ1) is 22.1. The second-order valence-electron chi connectivity index (χ2n) is 7.96. The summed E-state index contributed by atoms with van der Waals surface area (Å²) < 4.78 is 5.37. The van der Waals surface area contributed by atoms with E-state index >= 15 is 0 Å². The molecule has 2 aromatic carbocycles. The Bertz CT molecular complexity index is 1030. The zero-order valence-corrected chi connectivity index (χ0v) is 18.5. The summed E-state index contributed by atoms with van der Waals surface area (Å²) in [6.07, 6.45) is 0.612. The van der Waals surface area contributed by atoms with E-state index in [1.807, 2.05) is 0 Å². The highest BCUT2D eigenvalue weighted by atomic mass is 35.5. The largest absolute Gasteiger partial charge is 0.367 e. The maximum absolute atomic E-state index is 13.5. The number of ether oxygens (including phenoxy) is 1. The molecule has 168 valence electrons. The molecule has 0 unspecified atom stereocenters. The van der Waals surface area contributed by atoms with E-state index in [0.717, 1.165) is 5.69 Å². The number of hydrogen-bond donors (Lipinski definition) is 2. The topological polar surface area (TPSA) is 105 Å². The summed E-state index contributed by atoms with van der Waals surface area (Å²) in [7, 11) is 0. The minimum atomic E-state index is -1.22. The molecule has 0 saturated carbocycles. The third kappa shape index (κ3) is 3.91. The van der Waals surface area contributed by atoms with Crippen molar-refractivity contribution in [2.75, 3.05) is 29.9 Å². The number of hydrogen-bond acceptors (Lipinski definition) is 4. The smallest absolute Gasteiger partial charge is 0.315 e. The highest BCUT2D eigenvalue weighted by Crippen LogP contribution is 2.40. The quantitative estimate of drug-likeness (QED) is 0.737. The molecule has 2 saturated heterocycles. The normalized spacial score (nSPS) is 23.3. The summed E-state index contributed by atoms with van der Waals surface area (Å²) >= 11 is 6.03. The molecule has 4 amide bonds. The lowest BCUT2D eigenvalue weighted by atomic mass is 9.86. The highest BCUT2D eigenvalue weighted by molar-refractivity contribution is 6.30. The zero-order valence-electron chi connectivity index (χ0n) is 17.7. The molecule has 2 aliphatic rings. The molecule has 2 fully saturated rings. The lowest BCUT2D eigenvalue weighted by Gasteiger charge is -2.36. The van der Waals surface area contributed by atoms with E-state index < -0.39 is 17.7 Å². The lowest BCUT2D eigenvalue weighted by Crippen LogP contribution is -2.54. The van der Waals surface area contributed by atoms with E-state index in [1.54, 1.807) is 60.4 Å². The number of primary amides is 1. The molecule has 3 N–H and O–H groups in total. The number of amides is 4. The van der Waals surface area contributed by atoms with Crippen LogP contribution < -0.4 is 16.0 Å². The third-order valence-corrected chi connectivity index (χ3v) is 6.33. The number of nitrogens with two attached hydrogens (primary N) is 1. The molecule has 2 atom stereocenters. The average molecular weight is 457 g/mol. The first-order chi connectivity index (χ1) is 15.3. The molecular formula is C23H25ClN4O4. The van der Waals surface area contributed by atoms with Crippen molar-refractivity contribution in [3.63, 3.8) is 0 Å². The van der Waals surface area contributed by atoms with Gasteiger partial charge in [-0.25, -0.2) is 4.79 Å². The van der Waals surface area contributed by atoms with Crippen molar-refractivity contribution in [1.29, 1.82) is 0 Å². The number of rotatable bonds is 4. The minimum Gasteiger partial charge on any atom is -0.367 e. The van der Waals surface area contributed by atoms with Crippen LogP contribution in [0.2, 0.25) is 5.02 Å². The molecule has 9 heteroatoms. The molecule has 0 aromatic heterocycles. The molecule has 0 radical (unpaired) electrons. The van der Waals surface area contributed by atoms with Crippen LogP contribution >= 0.6 is 11.6 Å². The summed E-state index contributed by atoms with van der Waals surface area (Å²) in [5.74, 6) is -0.447. The number of anilines is 2. The Morgan fingerprint density at radius 2 is 1.81 bits per heavy atom. The molecular weight excluding hydrogens is 432 g/mol. The van der Waals surface area contributed by atoms with E-state index in [1.165, 1.54) is 4.90 Å². The number of urea groups is 1. The summed E-state index contributed by atoms with van der Waals surface area (Å²) in [6.45, 7) is 3.06. The summed E-state index contributed by atoms with van der Waals surface area (Å²) in [6, 6.07) is 13.3. The fraction of sp³-hybridized carbons (Fsp3) is 0.348. The Kier molecular flexibility index (Phi) is 6.08. The number of carbonyl (C=O) groups is 3. The number of halogens is 1. The SMILES string of the molecule is C[C@H]1OCCN(c2ccc(NC(=O)[C@]3(c4ccc(Cl)cc4)CCCN3C(N)=O)cc2)C1=O. The molecule has 0 aliphatic carbocycles. The van der Waals surface area contributed by atoms with Crippen molar-refractivity contribution in [1.82, 2.24) is 4.90 Å². The van der Waals surface area contributed by atoms with Gasteiger partial charge in [0.05, 0.1) is 6.61 Å². The maximum Gasteiger partial charge on any atom is 0.315 e. The number of carbonyl (C=O) groups excluding carboxylic acids is 3. The molecule has 2 aliphatic heterocycles. The fourth-order valence-corrected chi connectivity index (χ4v) is 4.57. The van der Waals surface area contributed by atoms with Gasteiger partial charge < -0.3 is 25.6 Å². The van der Waals surface area contributed by atoms with Crippen molar-refractivity contribution in [3.8, 4) is 0 Å². The van der Waals surface area contributed by atoms with E-state index in [0.29, 0.717) is 48.8 Å². The van der Waals surface area contributed by atoms with Gasteiger partial charge in [-0.2, -0.15) is 0 Å². The van der Waals surface area contributed by atoms with Gasteiger partial charge in [0, 0.05) is 29.5 Å². The first-order valence-corrected chi connectivity index (χ1v) is 10.9. The van der Waals surface area contributed by atoms with Gasteiger partial charge in [-0.05, 0) is 61.7 Å². The van der Waals surface area contributed by atoms with Crippen LogP contribution in [0.4, 0.5) is 16.2 Å². The van der Waals surface area contributed by atoms with Crippen LogP contribution in [0.25, 0.3) is 0 Å².